The van der Waals surface area contributed by atoms with Gasteiger partial charge in [0.05, 0.1) is 13.2 Å². The maximum atomic E-state index is 12.4. The number of rotatable bonds is 6. The van der Waals surface area contributed by atoms with E-state index in [2.05, 4.69) is 4.90 Å². The highest BCUT2D eigenvalue weighted by atomic mass is 16.3. The highest BCUT2D eigenvalue weighted by Crippen LogP contribution is 2.22. The summed E-state index contributed by atoms with van der Waals surface area (Å²) >= 11 is 0. The number of benzene rings is 1. The van der Waals surface area contributed by atoms with E-state index in [1.165, 1.54) is 24.8 Å². The lowest BCUT2D eigenvalue weighted by atomic mass is 9.93. The molecule has 1 fully saturated rings. The second kappa shape index (κ2) is 7.55. The minimum Gasteiger partial charge on any atom is -0.395 e. The van der Waals surface area contributed by atoms with E-state index in [0.29, 0.717) is 19.1 Å². The molecule has 0 aromatic heterocycles. The maximum absolute atomic E-state index is 12.4. The molecule has 0 spiro atoms. The SMILES string of the molecule is Cc1ccc(C(=O)CN(CCO)C2CCCCC2)cc1. The molecule has 0 unspecified atom stereocenters. The number of carbonyl (C=O) groups excluding carboxylic acids is 1. The largest absolute Gasteiger partial charge is 0.395 e. The summed E-state index contributed by atoms with van der Waals surface area (Å²) in [4.78, 5) is 14.5. The van der Waals surface area contributed by atoms with Crippen LogP contribution in [0.25, 0.3) is 0 Å². The number of carbonyl (C=O) groups is 1. The molecule has 3 nitrogen and oxygen atoms in total. The summed E-state index contributed by atoms with van der Waals surface area (Å²) in [5.74, 6) is 0.157. The molecule has 0 bridgehead atoms. The number of Topliss-reactive ketones (excluding diaryl/α,β-unsaturated/α-hetero) is 1. The van der Waals surface area contributed by atoms with Gasteiger partial charge in [0.2, 0.25) is 0 Å². The van der Waals surface area contributed by atoms with Crippen molar-refractivity contribution in [1.29, 1.82) is 0 Å². The zero-order valence-corrected chi connectivity index (χ0v) is 12.3. The van der Waals surface area contributed by atoms with Crippen LogP contribution in [0.2, 0.25) is 0 Å². The lowest BCUT2D eigenvalue weighted by Crippen LogP contribution is -2.41. The monoisotopic (exact) mass is 275 g/mol. The Hall–Kier alpha value is -1.19. The standard InChI is InChI=1S/C17H25NO2/c1-14-7-9-15(10-8-14)17(20)13-18(11-12-19)16-5-3-2-4-6-16/h7-10,16,19H,2-6,11-13H2,1H3. The molecule has 20 heavy (non-hydrogen) atoms. The Kier molecular flexibility index (Phi) is 5.74. The van der Waals surface area contributed by atoms with Gasteiger partial charge in [0.25, 0.3) is 0 Å². The Bertz CT molecular complexity index is 421. The first-order chi connectivity index (χ1) is 9.70. The minimum absolute atomic E-state index is 0.123. The van der Waals surface area contributed by atoms with E-state index in [-0.39, 0.29) is 12.4 Å². The Morgan fingerprint density at radius 1 is 1.20 bits per heavy atom. The second-order valence-electron chi connectivity index (χ2n) is 5.78. The fourth-order valence-electron chi connectivity index (χ4n) is 2.98. The zero-order valence-electron chi connectivity index (χ0n) is 12.3. The molecular weight excluding hydrogens is 250 g/mol. The molecule has 1 aromatic rings. The first kappa shape index (κ1) is 15.2. The predicted molar refractivity (Wildman–Crippen MR) is 81.0 cm³/mol. The average molecular weight is 275 g/mol. The molecule has 1 aromatic carbocycles. The van der Waals surface area contributed by atoms with Gasteiger partial charge in [0.1, 0.15) is 0 Å². The van der Waals surface area contributed by atoms with Gasteiger partial charge in [-0.05, 0) is 19.8 Å². The third-order valence-corrected chi connectivity index (χ3v) is 4.20. The van der Waals surface area contributed by atoms with Crippen molar-refractivity contribution in [3.05, 3.63) is 35.4 Å². The molecule has 0 atom stereocenters. The van der Waals surface area contributed by atoms with E-state index in [4.69, 9.17) is 0 Å². The molecule has 0 radical (unpaired) electrons. The van der Waals surface area contributed by atoms with Crippen LogP contribution in [0, 0.1) is 6.92 Å². The highest BCUT2D eigenvalue weighted by molar-refractivity contribution is 5.97. The van der Waals surface area contributed by atoms with Gasteiger partial charge in [-0.2, -0.15) is 0 Å². The fraction of sp³-hybridized carbons (Fsp3) is 0.588. The average Bonchev–Trinajstić information content (AvgIpc) is 2.48. The van der Waals surface area contributed by atoms with Crippen LogP contribution in [-0.2, 0) is 0 Å². The number of nitrogens with zero attached hydrogens (tertiary/aromatic N) is 1. The van der Waals surface area contributed by atoms with Crippen LogP contribution in [0.15, 0.2) is 24.3 Å². The Morgan fingerprint density at radius 2 is 1.85 bits per heavy atom. The van der Waals surface area contributed by atoms with Crippen LogP contribution in [0.4, 0.5) is 0 Å². The van der Waals surface area contributed by atoms with Crippen LogP contribution >= 0.6 is 0 Å². The number of hydrogen-bond donors (Lipinski definition) is 1. The quantitative estimate of drug-likeness (QED) is 0.812. The van der Waals surface area contributed by atoms with Crippen LogP contribution in [0.3, 0.4) is 0 Å². The van der Waals surface area contributed by atoms with Gasteiger partial charge in [0.15, 0.2) is 5.78 Å². The Morgan fingerprint density at radius 3 is 2.45 bits per heavy atom. The van der Waals surface area contributed by atoms with E-state index in [1.807, 2.05) is 31.2 Å². The highest BCUT2D eigenvalue weighted by Gasteiger charge is 2.22. The number of ketones is 1. The number of aliphatic hydroxyl groups excluding tert-OH is 1. The molecular formula is C17H25NO2. The molecule has 0 saturated heterocycles. The van der Waals surface area contributed by atoms with Gasteiger partial charge in [0, 0.05) is 18.2 Å². The van der Waals surface area contributed by atoms with Gasteiger partial charge in [-0.25, -0.2) is 0 Å². The first-order valence-corrected chi connectivity index (χ1v) is 7.65. The summed E-state index contributed by atoms with van der Waals surface area (Å²) in [5, 5.41) is 9.23. The van der Waals surface area contributed by atoms with Crippen molar-refractivity contribution in [2.24, 2.45) is 0 Å². The summed E-state index contributed by atoms with van der Waals surface area (Å²) in [6.07, 6.45) is 6.09. The summed E-state index contributed by atoms with van der Waals surface area (Å²) in [5.41, 5.74) is 1.94. The maximum Gasteiger partial charge on any atom is 0.176 e. The second-order valence-corrected chi connectivity index (χ2v) is 5.78. The summed E-state index contributed by atoms with van der Waals surface area (Å²) in [7, 11) is 0. The Labute approximate surface area is 121 Å². The van der Waals surface area contributed by atoms with Crippen molar-refractivity contribution < 1.29 is 9.90 Å². The minimum atomic E-state index is 0.123. The molecule has 1 N–H and O–H groups in total. The van der Waals surface area contributed by atoms with Crippen molar-refractivity contribution in [3.8, 4) is 0 Å². The summed E-state index contributed by atoms with van der Waals surface area (Å²) < 4.78 is 0. The molecule has 110 valence electrons. The molecule has 3 heteroatoms. The molecule has 1 saturated carbocycles. The topological polar surface area (TPSA) is 40.5 Å². The molecule has 0 amide bonds. The lowest BCUT2D eigenvalue weighted by molar-refractivity contribution is 0.0814. The third kappa shape index (κ3) is 4.15. The van der Waals surface area contributed by atoms with Gasteiger partial charge < -0.3 is 5.11 Å². The van der Waals surface area contributed by atoms with Crippen LogP contribution < -0.4 is 0 Å². The molecule has 1 aliphatic carbocycles. The van der Waals surface area contributed by atoms with E-state index < -0.39 is 0 Å². The molecule has 0 aliphatic heterocycles. The van der Waals surface area contributed by atoms with Crippen LogP contribution in [0.1, 0.15) is 48.0 Å². The van der Waals surface area contributed by atoms with Crippen LogP contribution in [0.5, 0.6) is 0 Å². The molecule has 2 rings (SSSR count). The van der Waals surface area contributed by atoms with Gasteiger partial charge >= 0.3 is 0 Å². The van der Waals surface area contributed by atoms with E-state index in [0.717, 1.165) is 18.4 Å². The summed E-state index contributed by atoms with van der Waals surface area (Å²) in [6.45, 7) is 3.17. The van der Waals surface area contributed by atoms with Gasteiger partial charge in [-0.1, -0.05) is 49.1 Å². The van der Waals surface area contributed by atoms with E-state index >= 15 is 0 Å². The normalized spacial score (nSPS) is 16.6. The first-order valence-electron chi connectivity index (χ1n) is 7.65. The van der Waals surface area contributed by atoms with Crippen molar-refractivity contribution in [3.63, 3.8) is 0 Å². The van der Waals surface area contributed by atoms with Crippen molar-refractivity contribution in [2.45, 2.75) is 45.1 Å². The van der Waals surface area contributed by atoms with Gasteiger partial charge in [-0.15, -0.1) is 0 Å². The fourth-order valence-corrected chi connectivity index (χ4v) is 2.98. The number of aliphatic hydroxyl groups is 1. The Balaban J connectivity index is 1.99. The number of aryl methyl sites for hydroxylation is 1. The van der Waals surface area contributed by atoms with E-state index in [1.54, 1.807) is 0 Å². The smallest absolute Gasteiger partial charge is 0.176 e. The van der Waals surface area contributed by atoms with Gasteiger partial charge in [-0.3, -0.25) is 9.69 Å². The molecule has 0 heterocycles. The van der Waals surface area contributed by atoms with E-state index in [9.17, 15) is 9.90 Å². The summed E-state index contributed by atoms with van der Waals surface area (Å²) in [6, 6.07) is 8.21. The number of hydrogen-bond acceptors (Lipinski definition) is 3. The van der Waals surface area contributed by atoms with Crippen molar-refractivity contribution in [2.75, 3.05) is 19.7 Å². The van der Waals surface area contributed by atoms with Crippen LogP contribution in [-0.4, -0.2) is 41.5 Å². The zero-order chi connectivity index (χ0) is 14.4. The third-order valence-electron chi connectivity index (χ3n) is 4.20. The lowest BCUT2D eigenvalue weighted by Gasteiger charge is -2.33. The molecule has 1 aliphatic rings. The van der Waals surface area contributed by atoms with Crippen molar-refractivity contribution >= 4 is 5.78 Å². The van der Waals surface area contributed by atoms with Crippen molar-refractivity contribution in [1.82, 2.24) is 4.90 Å². The predicted octanol–water partition coefficient (Wildman–Crippen LogP) is 2.80.